The van der Waals surface area contributed by atoms with Crippen LogP contribution in [0.3, 0.4) is 0 Å². The van der Waals surface area contributed by atoms with Crippen LogP contribution in [-0.2, 0) is 0 Å². The number of hydrogen-bond acceptors (Lipinski definition) is 6. The summed E-state index contributed by atoms with van der Waals surface area (Å²) in [6, 6.07) is 13.3. The van der Waals surface area contributed by atoms with E-state index in [2.05, 4.69) is 10.3 Å². The Morgan fingerprint density at radius 1 is 1.04 bits per heavy atom. The van der Waals surface area contributed by atoms with Crippen LogP contribution in [0.5, 0.6) is 11.5 Å². The number of aromatic nitrogens is 1. The van der Waals surface area contributed by atoms with Gasteiger partial charge in [0.25, 0.3) is 0 Å². The average Bonchev–Trinajstić information content (AvgIpc) is 3.03. The molecule has 5 nitrogen and oxygen atoms in total. The summed E-state index contributed by atoms with van der Waals surface area (Å²) >= 11 is 1.53. The highest BCUT2D eigenvalue weighted by molar-refractivity contribution is 7.14. The molecule has 0 spiro atoms. The molecule has 2 aromatic carbocycles. The monoisotopic (exact) mass is 327 g/mol. The molecule has 0 radical (unpaired) electrons. The molecule has 0 amide bonds. The van der Waals surface area contributed by atoms with E-state index in [1.54, 1.807) is 14.2 Å². The summed E-state index contributed by atoms with van der Waals surface area (Å²) in [6.45, 7) is 0. The van der Waals surface area contributed by atoms with Gasteiger partial charge in [0.05, 0.1) is 19.9 Å². The molecular weight excluding hydrogens is 310 g/mol. The van der Waals surface area contributed by atoms with Gasteiger partial charge in [-0.3, -0.25) is 0 Å². The Balaban J connectivity index is 1.82. The van der Waals surface area contributed by atoms with Crippen molar-refractivity contribution in [3.05, 3.63) is 47.8 Å². The smallest absolute Gasteiger partial charge is 0.187 e. The fraction of sp³-hybridized carbons (Fsp3) is 0.118. The second-order valence-electron chi connectivity index (χ2n) is 4.86. The van der Waals surface area contributed by atoms with Crippen molar-refractivity contribution >= 4 is 27.8 Å². The van der Waals surface area contributed by atoms with Gasteiger partial charge in [-0.2, -0.15) is 0 Å². The lowest BCUT2D eigenvalue weighted by Gasteiger charge is -2.09. The van der Waals surface area contributed by atoms with Crippen molar-refractivity contribution in [3.8, 4) is 22.8 Å². The standard InChI is InChI=1S/C17H17N3O2S/c1-21-15-7-6-13(9-16(15)22-2)19-17-20-14(10-23-17)11-4-3-5-12(18)8-11/h3-10H,18H2,1-2H3,(H,19,20). The van der Waals surface area contributed by atoms with Crippen LogP contribution < -0.4 is 20.5 Å². The zero-order chi connectivity index (χ0) is 16.2. The van der Waals surface area contributed by atoms with Crippen molar-refractivity contribution in [1.82, 2.24) is 4.98 Å². The minimum absolute atomic E-state index is 0.671. The highest BCUT2D eigenvalue weighted by Crippen LogP contribution is 2.33. The SMILES string of the molecule is COc1ccc(Nc2nc(-c3cccc(N)c3)cs2)cc1OC. The molecule has 0 fully saturated rings. The first kappa shape index (κ1) is 15.2. The third kappa shape index (κ3) is 3.37. The lowest BCUT2D eigenvalue weighted by molar-refractivity contribution is 0.355. The Bertz CT molecular complexity index is 817. The van der Waals surface area contributed by atoms with Gasteiger partial charge in [-0.15, -0.1) is 11.3 Å². The normalized spacial score (nSPS) is 10.3. The number of thiazole rings is 1. The summed E-state index contributed by atoms with van der Waals surface area (Å²) in [5, 5.41) is 6.07. The molecule has 0 saturated carbocycles. The Morgan fingerprint density at radius 2 is 1.87 bits per heavy atom. The van der Waals surface area contributed by atoms with Gasteiger partial charge in [-0.05, 0) is 24.3 Å². The molecule has 1 aromatic heterocycles. The van der Waals surface area contributed by atoms with Crippen molar-refractivity contribution in [1.29, 1.82) is 0 Å². The topological polar surface area (TPSA) is 69.4 Å². The van der Waals surface area contributed by atoms with Crippen LogP contribution in [0.4, 0.5) is 16.5 Å². The van der Waals surface area contributed by atoms with Gasteiger partial charge in [0, 0.05) is 28.4 Å². The summed E-state index contributed by atoms with van der Waals surface area (Å²) in [4.78, 5) is 4.59. The largest absolute Gasteiger partial charge is 0.493 e. The lowest BCUT2D eigenvalue weighted by atomic mass is 10.1. The van der Waals surface area contributed by atoms with E-state index in [9.17, 15) is 0 Å². The molecule has 3 aromatic rings. The molecule has 118 valence electrons. The van der Waals surface area contributed by atoms with Crippen LogP contribution in [0, 0.1) is 0 Å². The number of benzene rings is 2. The van der Waals surface area contributed by atoms with Crippen molar-refractivity contribution in [3.63, 3.8) is 0 Å². The number of methoxy groups -OCH3 is 2. The Hall–Kier alpha value is -2.73. The maximum absolute atomic E-state index is 5.82. The third-order valence-electron chi connectivity index (χ3n) is 3.32. The zero-order valence-corrected chi connectivity index (χ0v) is 13.7. The van der Waals surface area contributed by atoms with Gasteiger partial charge >= 0.3 is 0 Å². The molecule has 0 aliphatic heterocycles. The highest BCUT2D eigenvalue weighted by atomic mass is 32.1. The van der Waals surface area contributed by atoms with Gasteiger partial charge in [-0.1, -0.05) is 12.1 Å². The molecule has 0 saturated heterocycles. The van der Waals surface area contributed by atoms with Crippen molar-refractivity contribution in [2.24, 2.45) is 0 Å². The van der Waals surface area contributed by atoms with Crippen molar-refractivity contribution < 1.29 is 9.47 Å². The lowest BCUT2D eigenvalue weighted by Crippen LogP contribution is -1.94. The molecule has 0 atom stereocenters. The maximum Gasteiger partial charge on any atom is 0.187 e. The summed E-state index contributed by atoms with van der Waals surface area (Å²) in [5.41, 5.74) is 9.33. The van der Waals surface area contributed by atoms with Gasteiger partial charge in [-0.25, -0.2) is 4.98 Å². The number of hydrogen-bond donors (Lipinski definition) is 2. The molecule has 3 rings (SSSR count). The Morgan fingerprint density at radius 3 is 2.61 bits per heavy atom. The molecule has 0 aliphatic rings. The Labute approximate surface area is 138 Å². The molecule has 1 heterocycles. The zero-order valence-electron chi connectivity index (χ0n) is 12.9. The highest BCUT2D eigenvalue weighted by Gasteiger charge is 2.08. The molecule has 3 N–H and O–H groups in total. The van der Waals surface area contributed by atoms with E-state index in [4.69, 9.17) is 15.2 Å². The van der Waals surface area contributed by atoms with Crippen LogP contribution in [0.25, 0.3) is 11.3 Å². The first-order valence-corrected chi connectivity index (χ1v) is 7.88. The fourth-order valence-electron chi connectivity index (χ4n) is 2.20. The van der Waals surface area contributed by atoms with Crippen LogP contribution in [0.2, 0.25) is 0 Å². The van der Waals surface area contributed by atoms with Gasteiger partial charge in [0.2, 0.25) is 0 Å². The van der Waals surface area contributed by atoms with E-state index in [1.165, 1.54) is 11.3 Å². The number of nitrogen functional groups attached to an aromatic ring is 1. The van der Waals surface area contributed by atoms with E-state index in [0.717, 1.165) is 27.8 Å². The number of nitrogens with two attached hydrogens (primary N) is 1. The molecule has 0 unspecified atom stereocenters. The predicted octanol–water partition coefficient (Wildman–Crippen LogP) is 4.15. The van der Waals surface area contributed by atoms with Crippen molar-refractivity contribution in [2.45, 2.75) is 0 Å². The van der Waals surface area contributed by atoms with E-state index in [1.807, 2.05) is 47.8 Å². The average molecular weight is 327 g/mol. The van der Waals surface area contributed by atoms with E-state index in [-0.39, 0.29) is 0 Å². The molecule has 6 heteroatoms. The number of ether oxygens (including phenoxy) is 2. The first-order chi connectivity index (χ1) is 11.2. The summed E-state index contributed by atoms with van der Waals surface area (Å²) in [5.74, 6) is 1.36. The van der Waals surface area contributed by atoms with Crippen LogP contribution in [0.1, 0.15) is 0 Å². The van der Waals surface area contributed by atoms with Crippen LogP contribution >= 0.6 is 11.3 Å². The number of anilines is 3. The van der Waals surface area contributed by atoms with Crippen LogP contribution in [0.15, 0.2) is 47.8 Å². The summed E-state index contributed by atoms with van der Waals surface area (Å²) in [7, 11) is 3.23. The fourth-order valence-corrected chi connectivity index (χ4v) is 2.94. The second kappa shape index (κ2) is 6.58. The minimum atomic E-state index is 0.671. The molecular formula is C17H17N3O2S. The molecule has 23 heavy (non-hydrogen) atoms. The third-order valence-corrected chi connectivity index (χ3v) is 4.08. The second-order valence-corrected chi connectivity index (χ2v) is 5.72. The van der Waals surface area contributed by atoms with Gasteiger partial charge in [0.1, 0.15) is 0 Å². The molecule has 0 aliphatic carbocycles. The number of nitrogens with one attached hydrogen (secondary N) is 1. The first-order valence-electron chi connectivity index (χ1n) is 7.00. The number of nitrogens with zero attached hydrogens (tertiary/aromatic N) is 1. The minimum Gasteiger partial charge on any atom is -0.493 e. The maximum atomic E-state index is 5.82. The quantitative estimate of drug-likeness (QED) is 0.689. The van der Waals surface area contributed by atoms with E-state index in [0.29, 0.717) is 11.5 Å². The Kier molecular flexibility index (Phi) is 4.34. The van der Waals surface area contributed by atoms with E-state index < -0.39 is 0 Å². The van der Waals surface area contributed by atoms with Gasteiger partial charge < -0.3 is 20.5 Å². The summed E-state index contributed by atoms with van der Waals surface area (Å²) < 4.78 is 10.5. The van der Waals surface area contributed by atoms with Crippen molar-refractivity contribution in [2.75, 3.05) is 25.3 Å². The summed E-state index contributed by atoms with van der Waals surface area (Å²) in [6.07, 6.45) is 0. The predicted molar refractivity (Wildman–Crippen MR) is 94.8 cm³/mol. The van der Waals surface area contributed by atoms with E-state index >= 15 is 0 Å². The number of rotatable bonds is 5. The van der Waals surface area contributed by atoms with Crippen LogP contribution in [-0.4, -0.2) is 19.2 Å². The van der Waals surface area contributed by atoms with Gasteiger partial charge in [0.15, 0.2) is 16.6 Å². The molecule has 0 bridgehead atoms.